The number of nitrogens with zero attached hydrogens (tertiary/aromatic N) is 1. The Labute approximate surface area is 159 Å². The summed E-state index contributed by atoms with van der Waals surface area (Å²) in [6.07, 6.45) is 1.05. The highest BCUT2D eigenvalue weighted by atomic mass is 16.5. The largest absolute Gasteiger partial charge is 0.496 e. The van der Waals surface area contributed by atoms with Crippen LogP contribution in [-0.4, -0.2) is 64.5 Å². The lowest BCUT2D eigenvalue weighted by atomic mass is 9.83. The Hall–Kier alpha value is -2.16. The monoisotopic (exact) mass is 382 g/mol. The number of para-hydroxylation sites is 1. The summed E-state index contributed by atoms with van der Waals surface area (Å²) in [6, 6.07) is 7.27. The zero-order valence-electron chi connectivity index (χ0n) is 15.9. The molecule has 27 heavy (non-hydrogen) atoms. The molecule has 0 spiro atoms. The number of aliphatic hydroxyl groups is 2. The first-order valence-corrected chi connectivity index (χ1v) is 8.94. The van der Waals surface area contributed by atoms with Crippen LogP contribution >= 0.6 is 0 Å². The molecule has 1 aromatic carbocycles. The molecule has 0 aliphatic heterocycles. The summed E-state index contributed by atoms with van der Waals surface area (Å²) in [4.78, 5) is 23.4. The topological polar surface area (TPSA) is 133 Å². The van der Waals surface area contributed by atoms with Crippen LogP contribution in [0.4, 0.5) is 0 Å². The molecular formula is C19H30N2O6. The minimum Gasteiger partial charge on any atom is -0.496 e. The third-order valence-electron chi connectivity index (χ3n) is 4.45. The first-order chi connectivity index (χ1) is 12.8. The Morgan fingerprint density at radius 3 is 2.48 bits per heavy atom. The van der Waals surface area contributed by atoms with Crippen LogP contribution in [0.3, 0.4) is 0 Å². The molecule has 2 rings (SSSR count). The summed E-state index contributed by atoms with van der Waals surface area (Å²) in [5.41, 5.74) is 6.70. The van der Waals surface area contributed by atoms with Crippen molar-refractivity contribution in [2.45, 2.75) is 44.9 Å². The molecule has 8 heteroatoms. The molecule has 8 nitrogen and oxygen atoms in total. The summed E-state index contributed by atoms with van der Waals surface area (Å²) >= 11 is 0. The van der Waals surface area contributed by atoms with Crippen molar-refractivity contribution in [1.82, 2.24) is 4.90 Å². The van der Waals surface area contributed by atoms with Crippen LogP contribution < -0.4 is 10.5 Å². The number of nitrogens with two attached hydrogens (primary N) is 1. The highest BCUT2D eigenvalue weighted by molar-refractivity contribution is 5.79. The van der Waals surface area contributed by atoms with Gasteiger partial charge in [-0.2, -0.15) is 0 Å². The van der Waals surface area contributed by atoms with E-state index in [0.29, 0.717) is 31.6 Å². The van der Waals surface area contributed by atoms with Crippen LogP contribution in [-0.2, 0) is 16.1 Å². The number of carboxylic acid groups (broad SMARTS) is 1. The van der Waals surface area contributed by atoms with Gasteiger partial charge in [0.05, 0.1) is 19.8 Å². The lowest BCUT2D eigenvalue weighted by Crippen LogP contribution is -2.46. The van der Waals surface area contributed by atoms with E-state index < -0.39 is 12.1 Å². The molecule has 0 bridgehead atoms. The number of amides is 1. The standard InChI is InChI=1S/C17H26N2O4.C2H4O2/c1-23-16-5-3-2-4-13(16)11-19(8-9-20)17(22)12-6-7-14(18)15(21)10-12;1-2(3)4/h2-5,12,14-15,20-21H,6-11,18H2,1H3;1H3,(H,3,4)/t12-,14+,15+;/m0./s1. The van der Waals surface area contributed by atoms with Crippen molar-refractivity contribution < 1.29 is 29.6 Å². The third kappa shape index (κ3) is 7.54. The number of carboxylic acids is 1. The molecule has 1 aromatic rings. The molecule has 5 N–H and O–H groups in total. The quantitative estimate of drug-likeness (QED) is 0.566. The van der Waals surface area contributed by atoms with Crippen LogP contribution in [0.1, 0.15) is 31.7 Å². The zero-order chi connectivity index (χ0) is 20.4. The average Bonchev–Trinajstić information content (AvgIpc) is 2.63. The number of ether oxygens (including phenoxy) is 1. The molecule has 0 radical (unpaired) electrons. The van der Waals surface area contributed by atoms with E-state index >= 15 is 0 Å². The number of aliphatic carboxylic acids is 1. The first-order valence-electron chi connectivity index (χ1n) is 8.94. The Balaban J connectivity index is 0.000000828. The van der Waals surface area contributed by atoms with E-state index in [0.717, 1.165) is 12.5 Å². The lowest BCUT2D eigenvalue weighted by Gasteiger charge is -2.33. The van der Waals surface area contributed by atoms with Crippen molar-refractivity contribution in [2.75, 3.05) is 20.3 Å². The van der Waals surface area contributed by atoms with E-state index in [1.807, 2.05) is 24.3 Å². The Morgan fingerprint density at radius 2 is 1.93 bits per heavy atom. The van der Waals surface area contributed by atoms with Gasteiger partial charge in [0.2, 0.25) is 5.91 Å². The third-order valence-corrected chi connectivity index (χ3v) is 4.45. The van der Waals surface area contributed by atoms with E-state index in [1.54, 1.807) is 12.0 Å². The lowest BCUT2D eigenvalue weighted by molar-refractivity contribution is -0.139. The first kappa shape index (κ1) is 22.9. The smallest absolute Gasteiger partial charge is 0.300 e. The Kier molecular flexibility index (Phi) is 9.77. The van der Waals surface area contributed by atoms with Crippen LogP contribution in [0.2, 0.25) is 0 Å². The van der Waals surface area contributed by atoms with Crippen molar-refractivity contribution in [2.24, 2.45) is 11.7 Å². The number of aliphatic hydroxyl groups excluding tert-OH is 2. The van der Waals surface area contributed by atoms with Gasteiger partial charge in [-0.05, 0) is 25.3 Å². The van der Waals surface area contributed by atoms with Crippen molar-refractivity contribution in [1.29, 1.82) is 0 Å². The van der Waals surface area contributed by atoms with Gasteiger partial charge in [-0.15, -0.1) is 0 Å². The summed E-state index contributed by atoms with van der Waals surface area (Å²) in [6.45, 7) is 1.62. The van der Waals surface area contributed by atoms with Gasteiger partial charge in [0.25, 0.3) is 5.97 Å². The fourth-order valence-corrected chi connectivity index (χ4v) is 3.08. The molecule has 152 valence electrons. The summed E-state index contributed by atoms with van der Waals surface area (Å²) in [7, 11) is 1.59. The average molecular weight is 382 g/mol. The summed E-state index contributed by atoms with van der Waals surface area (Å²) in [5.74, 6) is -0.407. The van der Waals surface area contributed by atoms with Gasteiger partial charge in [0, 0.05) is 37.5 Å². The predicted octanol–water partition coefficient (Wildman–Crippen LogP) is 0.595. The maximum Gasteiger partial charge on any atom is 0.300 e. The fourth-order valence-electron chi connectivity index (χ4n) is 3.08. The zero-order valence-corrected chi connectivity index (χ0v) is 15.9. The van der Waals surface area contributed by atoms with Gasteiger partial charge in [0.15, 0.2) is 0 Å². The van der Waals surface area contributed by atoms with E-state index in [9.17, 15) is 15.0 Å². The van der Waals surface area contributed by atoms with Crippen molar-refractivity contribution in [3.63, 3.8) is 0 Å². The number of benzene rings is 1. The maximum absolute atomic E-state index is 12.8. The van der Waals surface area contributed by atoms with Gasteiger partial charge < -0.3 is 30.7 Å². The van der Waals surface area contributed by atoms with E-state index in [-0.39, 0.29) is 31.0 Å². The highest BCUT2D eigenvalue weighted by Crippen LogP contribution is 2.27. The van der Waals surface area contributed by atoms with Crippen molar-refractivity contribution in [3.05, 3.63) is 29.8 Å². The van der Waals surface area contributed by atoms with E-state index in [2.05, 4.69) is 0 Å². The summed E-state index contributed by atoms with van der Waals surface area (Å²) in [5, 5.41) is 26.6. The molecule has 3 atom stereocenters. The highest BCUT2D eigenvalue weighted by Gasteiger charge is 2.33. The van der Waals surface area contributed by atoms with Gasteiger partial charge >= 0.3 is 0 Å². The van der Waals surface area contributed by atoms with Crippen molar-refractivity contribution in [3.8, 4) is 5.75 Å². The van der Waals surface area contributed by atoms with Crippen LogP contribution in [0.15, 0.2) is 24.3 Å². The van der Waals surface area contributed by atoms with E-state index in [4.69, 9.17) is 20.4 Å². The second kappa shape index (κ2) is 11.5. The fraction of sp³-hybridized carbons (Fsp3) is 0.579. The summed E-state index contributed by atoms with van der Waals surface area (Å²) < 4.78 is 5.32. The Bertz CT molecular complexity index is 606. The van der Waals surface area contributed by atoms with Crippen molar-refractivity contribution >= 4 is 11.9 Å². The minimum absolute atomic E-state index is 0.0455. The molecule has 0 aromatic heterocycles. The maximum atomic E-state index is 12.8. The minimum atomic E-state index is -0.833. The SMILES string of the molecule is CC(=O)O.COc1ccccc1CN(CCO)C(=O)[C@H]1CC[C@@H](N)[C@H](O)C1. The number of rotatable bonds is 6. The number of carbonyl (C=O) groups excluding carboxylic acids is 1. The molecule has 1 saturated carbocycles. The van der Waals surface area contributed by atoms with Gasteiger partial charge in [-0.1, -0.05) is 18.2 Å². The Morgan fingerprint density at radius 1 is 1.30 bits per heavy atom. The number of hydrogen-bond acceptors (Lipinski definition) is 6. The number of hydrogen-bond donors (Lipinski definition) is 4. The second-order valence-electron chi connectivity index (χ2n) is 6.56. The van der Waals surface area contributed by atoms with Crippen LogP contribution in [0.25, 0.3) is 0 Å². The van der Waals surface area contributed by atoms with E-state index in [1.165, 1.54) is 0 Å². The molecule has 1 fully saturated rings. The van der Waals surface area contributed by atoms with Gasteiger partial charge in [-0.3, -0.25) is 9.59 Å². The molecule has 1 aliphatic rings. The molecule has 0 heterocycles. The molecule has 0 saturated heterocycles. The van der Waals surface area contributed by atoms with Gasteiger partial charge in [0.1, 0.15) is 5.75 Å². The molecule has 1 aliphatic carbocycles. The van der Waals surface area contributed by atoms with Gasteiger partial charge in [-0.25, -0.2) is 0 Å². The molecule has 0 unspecified atom stereocenters. The van der Waals surface area contributed by atoms with Crippen LogP contribution in [0, 0.1) is 5.92 Å². The van der Waals surface area contributed by atoms with Crippen LogP contribution in [0.5, 0.6) is 5.75 Å². The molecule has 1 amide bonds. The normalized spacial score (nSPS) is 21.6. The second-order valence-corrected chi connectivity index (χ2v) is 6.56. The number of carbonyl (C=O) groups is 2. The number of methoxy groups -OCH3 is 1. The molecular weight excluding hydrogens is 352 g/mol. The predicted molar refractivity (Wildman–Crippen MR) is 100 cm³/mol.